The molecule has 2 aromatic rings. The summed E-state index contributed by atoms with van der Waals surface area (Å²) in [5, 5.41) is 12.7. The molecule has 1 aliphatic rings. The van der Waals surface area contributed by atoms with E-state index in [1.165, 1.54) is 23.9 Å². The summed E-state index contributed by atoms with van der Waals surface area (Å²) in [6.45, 7) is -0.730. The van der Waals surface area contributed by atoms with Crippen molar-refractivity contribution in [3.05, 3.63) is 47.7 Å². The number of hydrogen-bond donors (Lipinski definition) is 3. The van der Waals surface area contributed by atoms with Crippen LogP contribution in [0, 0.1) is 0 Å². The van der Waals surface area contributed by atoms with Gasteiger partial charge < -0.3 is 15.4 Å². The van der Waals surface area contributed by atoms with E-state index in [2.05, 4.69) is 31.6 Å². The van der Waals surface area contributed by atoms with Crippen molar-refractivity contribution in [2.45, 2.75) is 13.0 Å². The van der Waals surface area contributed by atoms with E-state index >= 15 is 0 Å². The zero-order valence-electron chi connectivity index (χ0n) is 13.4. The van der Waals surface area contributed by atoms with Crippen LogP contribution in [-0.2, 0) is 0 Å². The van der Waals surface area contributed by atoms with Gasteiger partial charge in [-0.1, -0.05) is 23.8 Å². The molecule has 0 radical (unpaired) electrons. The van der Waals surface area contributed by atoms with Crippen molar-refractivity contribution in [3.8, 4) is 17.0 Å². The molecule has 0 bridgehead atoms. The third kappa shape index (κ3) is 4.42. The highest BCUT2D eigenvalue weighted by Gasteiger charge is 2.16. The summed E-state index contributed by atoms with van der Waals surface area (Å²) in [6, 6.07) is 6.13. The SMILES string of the molecule is O=C(NCC1=CCNCC1)c1cn[nH]c1-c1cccc(OC(F)F)c1. The molecule has 8 heteroatoms. The molecule has 0 unspecified atom stereocenters. The molecular formula is C17H18F2N4O2. The zero-order valence-corrected chi connectivity index (χ0v) is 13.4. The van der Waals surface area contributed by atoms with Gasteiger partial charge in [-0.15, -0.1) is 0 Å². The summed E-state index contributed by atoms with van der Waals surface area (Å²) in [7, 11) is 0. The standard InChI is InChI=1S/C17H18F2N4O2/c18-17(19)25-13-3-1-2-12(8-13)15-14(10-22-23-15)16(24)21-9-11-4-6-20-7-5-11/h1-4,8,10,17,20H,5-7,9H2,(H,21,24)(H,22,23). The Bertz CT molecular complexity index is 774. The van der Waals surface area contributed by atoms with E-state index in [9.17, 15) is 13.6 Å². The number of halogens is 2. The Labute approximate surface area is 143 Å². The molecule has 0 spiro atoms. The predicted molar refractivity (Wildman–Crippen MR) is 88.6 cm³/mol. The number of H-pyrrole nitrogens is 1. The maximum atomic E-state index is 12.4. The lowest BCUT2D eigenvalue weighted by Gasteiger charge is -2.14. The van der Waals surface area contributed by atoms with Crippen LogP contribution in [0.3, 0.4) is 0 Å². The Kier molecular flexibility index (Phi) is 5.39. The van der Waals surface area contributed by atoms with Gasteiger partial charge in [0.1, 0.15) is 5.75 Å². The summed E-state index contributed by atoms with van der Waals surface area (Å²) in [5.74, 6) is -0.253. The number of hydrogen-bond acceptors (Lipinski definition) is 4. The molecular weight excluding hydrogens is 330 g/mol. The van der Waals surface area contributed by atoms with Crippen molar-refractivity contribution in [2.75, 3.05) is 19.6 Å². The van der Waals surface area contributed by atoms with Crippen molar-refractivity contribution in [2.24, 2.45) is 0 Å². The van der Waals surface area contributed by atoms with Crippen LogP contribution in [0.15, 0.2) is 42.1 Å². The maximum absolute atomic E-state index is 12.4. The van der Waals surface area contributed by atoms with Crippen LogP contribution in [0.4, 0.5) is 8.78 Å². The normalized spacial score (nSPS) is 14.3. The summed E-state index contributed by atoms with van der Waals surface area (Å²) in [5.41, 5.74) is 2.52. The second-order valence-electron chi connectivity index (χ2n) is 5.56. The van der Waals surface area contributed by atoms with Crippen molar-refractivity contribution in [1.82, 2.24) is 20.8 Å². The number of carbonyl (C=O) groups excluding carboxylic acids is 1. The molecule has 1 aromatic carbocycles. The molecule has 0 saturated carbocycles. The number of amides is 1. The van der Waals surface area contributed by atoms with Crippen LogP contribution in [0.1, 0.15) is 16.8 Å². The van der Waals surface area contributed by atoms with E-state index in [-0.39, 0.29) is 11.7 Å². The number of nitrogens with one attached hydrogen (secondary N) is 3. The highest BCUT2D eigenvalue weighted by atomic mass is 19.3. The Morgan fingerprint density at radius 1 is 1.40 bits per heavy atom. The average molecular weight is 348 g/mol. The summed E-state index contributed by atoms with van der Waals surface area (Å²) >= 11 is 0. The Hall–Kier alpha value is -2.74. The number of carbonyl (C=O) groups is 1. The van der Waals surface area contributed by atoms with E-state index in [1.54, 1.807) is 12.1 Å². The monoisotopic (exact) mass is 348 g/mol. The van der Waals surface area contributed by atoms with Gasteiger partial charge in [-0.3, -0.25) is 9.89 Å². The lowest BCUT2D eigenvalue weighted by Crippen LogP contribution is -2.29. The van der Waals surface area contributed by atoms with Gasteiger partial charge in [-0.25, -0.2) is 0 Å². The molecule has 0 saturated heterocycles. The molecule has 0 aliphatic carbocycles. The molecule has 3 N–H and O–H groups in total. The van der Waals surface area contributed by atoms with Crippen LogP contribution in [0.2, 0.25) is 0 Å². The number of nitrogens with zero attached hydrogens (tertiary/aromatic N) is 1. The minimum atomic E-state index is -2.90. The maximum Gasteiger partial charge on any atom is 0.387 e. The smallest absolute Gasteiger partial charge is 0.387 e. The van der Waals surface area contributed by atoms with Crippen LogP contribution in [-0.4, -0.2) is 42.4 Å². The van der Waals surface area contributed by atoms with Gasteiger partial charge in [0.2, 0.25) is 0 Å². The van der Waals surface area contributed by atoms with E-state index in [0.29, 0.717) is 23.4 Å². The number of benzene rings is 1. The van der Waals surface area contributed by atoms with Crippen LogP contribution >= 0.6 is 0 Å². The number of rotatable bonds is 6. The minimum absolute atomic E-state index is 0.0216. The molecule has 1 amide bonds. The topological polar surface area (TPSA) is 79.0 Å². The fourth-order valence-electron chi connectivity index (χ4n) is 2.63. The first kappa shape index (κ1) is 17.1. The first-order valence-corrected chi connectivity index (χ1v) is 7.89. The number of alkyl halides is 2. The molecule has 1 aliphatic heterocycles. The second-order valence-corrected chi connectivity index (χ2v) is 5.56. The van der Waals surface area contributed by atoms with E-state index in [4.69, 9.17) is 0 Å². The number of aromatic nitrogens is 2. The van der Waals surface area contributed by atoms with Crippen molar-refractivity contribution in [3.63, 3.8) is 0 Å². The molecule has 1 aromatic heterocycles. The van der Waals surface area contributed by atoms with Crippen molar-refractivity contribution < 1.29 is 18.3 Å². The van der Waals surface area contributed by atoms with Gasteiger partial charge in [-0.05, 0) is 25.1 Å². The van der Waals surface area contributed by atoms with Crippen LogP contribution < -0.4 is 15.4 Å². The predicted octanol–water partition coefficient (Wildman–Crippen LogP) is 2.33. The Balaban J connectivity index is 1.73. The van der Waals surface area contributed by atoms with Gasteiger partial charge in [0.25, 0.3) is 5.91 Å². The second kappa shape index (κ2) is 7.89. The molecule has 0 fully saturated rings. The highest BCUT2D eigenvalue weighted by Crippen LogP contribution is 2.26. The van der Waals surface area contributed by atoms with Gasteiger partial charge >= 0.3 is 6.61 Å². The number of ether oxygens (including phenoxy) is 1. The molecule has 0 atom stereocenters. The van der Waals surface area contributed by atoms with Gasteiger partial charge in [0, 0.05) is 18.7 Å². The Morgan fingerprint density at radius 3 is 3.04 bits per heavy atom. The number of aromatic amines is 1. The van der Waals surface area contributed by atoms with Crippen LogP contribution in [0.5, 0.6) is 5.75 Å². The fourth-order valence-corrected chi connectivity index (χ4v) is 2.63. The van der Waals surface area contributed by atoms with E-state index in [1.807, 2.05) is 0 Å². The van der Waals surface area contributed by atoms with Crippen LogP contribution in [0.25, 0.3) is 11.3 Å². The zero-order chi connectivity index (χ0) is 17.6. The lowest BCUT2D eigenvalue weighted by atomic mass is 10.1. The summed E-state index contributed by atoms with van der Waals surface area (Å²) in [6.07, 6.45) is 4.37. The molecule has 132 valence electrons. The fraction of sp³-hybridized carbons (Fsp3) is 0.294. The average Bonchev–Trinajstić information content (AvgIpc) is 3.10. The third-order valence-electron chi connectivity index (χ3n) is 3.87. The van der Waals surface area contributed by atoms with Gasteiger partial charge in [-0.2, -0.15) is 13.9 Å². The minimum Gasteiger partial charge on any atom is -0.435 e. The first-order chi connectivity index (χ1) is 12.1. The van der Waals surface area contributed by atoms with Gasteiger partial charge in [0.05, 0.1) is 17.5 Å². The lowest BCUT2D eigenvalue weighted by molar-refractivity contribution is -0.0498. The molecule has 25 heavy (non-hydrogen) atoms. The molecule has 6 nitrogen and oxygen atoms in total. The largest absolute Gasteiger partial charge is 0.435 e. The Morgan fingerprint density at radius 2 is 2.28 bits per heavy atom. The van der Waals surface area contributed by atoms with E-state index in [0.717, 1.165) is 19.5 Å². The quantitative estimate of drug-likeness (QED) is 0.700. The highest BCUT2D eigenvalue weighted by molar-refractivity contribution is 5.99. The van der Waals surface area contributed by atoms with Gasteiger partial charge in [0.15, 0.2) is 0 Å². The van der Waals surface area contributed by atoms with Crippen molar-refractivity contribution >= 4 is 5.91 Å². The molecule has 2 heterocycles. The molecule has 3 rings (SSSR count). The van der Waals surface area contributed by atoms with Crippen molar-refractivity contribution in [1.29, 1.82) is 0 Å². The van der Waals surface area contributed by atoms with E-state index < -0.39 is 6.61 Å². The summed E-state index contributed by atoms with van der Waals surface area (Å²) < 4.78 is 29.1. The third-order valence-corrected chi connectivity index (χ3v) is 3.87. The summed E-state index contributed by atoms with van der Waals surface area (Å²) in [4.78, 5) is 12.4. The first-order valence-electron chi connectivity index (χ1n) is 7.89.